The van der Waals surface area contributed by atoms with E-state index in [0.29, 0.717) is 19.6 Å². The summed E-state index contributed by atoms with van der Waals surface area (Å²) < 4.78 is 5.61. The third kappa shape index (κ3) is 3.15. The van der Waals surface area contributed by atoms with Crippen molar-refractivity contribution in [1.82, 2.24) is 0 Å². The average molecular weight is 260 g/mol. The number of nitrogens with two attached hydrogens (primary N) is 1. The third-order valence-corrected chi connectivity index (χ3v) is 3.20. The Kier molecular flexibility index (Phi) is 4.58. The lowest BCUT2D eigenvalue weighted by Gasteiger charge is -2.30. The number of nitrogens with zero attached hydrogens (tertiary/aromatic N) is 1. The van der Waals surface area contributed by atoms with E-state index in [-0.39, 0.29) is 5.78 Å². The number of ketones is 1. The minimum absolute atomic E-state index is 0.136. The van der Waals surface area contributed by atoms with E-state index >= 15 is 0 Å². The fourth-order valence-corrected chi connectivity index (χ4v) is 2.20. The van der Waals surface area contributed by atoms with Crippen LogP contribution in [0.3, 0.4) is 0 Å². The number of fused-ring (bicyclic) bond motifs is 1. The maximum absolute atomic E-state index is 12.0. The number of hydrogen-bond donors (Lipinski definition) is 1. The van der Waals surface area contributed by atoms with Gasteiger partial charge in [0, 0.05) is 18.5 Å². The SMILES string of the molecule is C=CCN1CCOc2ccc(C(=O)CCCN)cc21. The first-order valence-electron chi connectivity index (χ1n) is 6.62. The maximum atomic E-state index is 12.0. The number of carbonyl (C=O) groups is 1. The second-order valence-electron chi connectivity index (χ2n) is 4.58. The van der Waals surface area contributed by atoms with Gasteiger partial charge in [-0.25, -0.2) is 0 Å². The van der Waals surface area contributed by atoms with E-state index in [9.17, 15) is 4.79 Å². The first-order chi connectivity index (χ1) is 9.26. The highest BCUT2D eigenvalue weighted by molar-refractivity contribution is 5.97. The summed E-state index contributed by atoms with van der Waals surface area (Å²) in [6.07, 6.45) is 3.08. The molecule has 0 spiro atoms. The van der Waals surface area contributed by atoms with Crippen LogP contribution in [0.5, 0.6) is 5.75 Å². The van der Waals surface area contributed by atoms with Crippen LogP contribution in [0.25, 0.3) is 0 Å². The highest BCUT2D eigenvalue weighted by Gasteiger charge is 2.18. The van der Waals surface area contributed by atoms with Gasteiger partial charge in [0.1, 0.15) is 12.4 Å². The number of Topliss-reactive ketones (excluding diaryl/α,β-unsaturated/α-hetero) is 1. The molecule has 0 fully saturated rings. The second kappa shape index (κ2) is 6.38. The lowest BCUT2D eigenvalue weighted by molar-refractivity contribution is 0.0980. The molecule has 0 unspecified atom stereocenters. The zero-order chi connectivity index (χ0) is 13.7. The Labute approximate surface area is 113 Å². The molecule has 1 heterocycles. The molecule has 4 nitrogen and oxygen atoms in total. The molecule has 2 N–H and O–H groups in total. The van der Waals surface area contributed by atoms with Gasteiger partial charge in [-0.2, -0.15) is 0 Å². The zero-order valence-electron chi connectivity index (χ0n) is 11.1. The van der Waals surface area contributed by atoms with E-state index in [1.165, 1.54) is 0 Å². The Hall–Kier alpha value is -1.81. The molecule has 0 saturated carbocycles. The summed E-state index contributed by atoms with van der Waals surface area (Å²) in [5.74, 6) is 0.973. The van der Waals surface area contributed by atoms with Crippen LogP contribution < -0.4 is 15.4 Å². The van der Waals surface area contributed by atoms with Crippen LogP contribution >= 0.6 is 0 Å². The van der Waals surface area contributed by atoms with Crippen LogP contribution in [-0.2, 0) is 0 Å². The van der Waals surface area contributed by atoms with E-state index in [4.69, 9.17) is 10.5 Å². The normalized spacial score (nSPS) is 13.6. The lowest BCUT2D eigenvalue weighted by Crippen LogP contribution is -2.32. The fourth-order valence-electron chi connectivity index (χ4n) is 2.20. The van der Waals surface area contributed by atoms with Crippen LogP contribution in [0.15, 0.2) is 30.9 Å². The lowest BCUT2D eigenvalue weighted by atomic mass is 10.0. The molecule has 0 aliphatic carbocycles. The van der Waals surface area contributed by atoms with Crippen molar-refractivity contribution in [3.8, 4) is 5.75 Å². The number of ether oxygens (including phenoxy) is 1. The van der Waals surface area contributed by atoms with Crippen molar-refractivity contribution < 1.29 is 9.53 Å². The van der Waals surface area contributed by atoms with Gasteiger partial charge in [0.25, 0.3) is 0 Å². The Bertz CT molecular complexity index is 471. The minimum Gasteiger partial charge on any atom is -0.490 e. The first kappa shape index (κ1) is 13.6. The molecule has 0 bridgehead atoms. The van der Waals surface area contributed by atoms with Crippen LogP contribution in [0, 0.1) is 0 Å². The molecule has 102 valence electrons. The predicted molar refractivity (Wildman–Crippen MR) is 77.0 cm³/mol. The van der Waals surface area contributed by atoms with E-state index in [2.05, 4.69) is 11.5 Å². The van der Waals surface area contributed by atoms with Gasteiger partial charge >= 0.3 is 0 Å². The molecule has 19 heavy (non-hydrogen) atoms. The minimum atomic E-state index is 0.136. The van der Waals surface area contributed by atoms with Crippen molar-refractivity contribution in [3.63, 3.8) is 0 Å². The van der Waals surface area contributed by atoms with Gasteiger partial charge in [-0.15, -0.1) is 6.58 Å². The number of benzene rings is 1. The topological polar surface area (TPSA) is 55.6 Å². The van der Waals surface area contributed by atoms with E-state index in [1.54, 1.807) is 0 Å². The Balaban J connectivity index is 2.22. The van der Waals surface area contributed by atoms with Crippen molar-refractivity contribution in [1.29, 1.82) is 0 Å². The van der Waals surface area contributed by atoms with Gasteiger partial charge in [0.05, 0.1) is 12.2 Å². The van der Waals surface area contributed by atoms with Gasteiger partial charge < -0.3 is 15.4 Å². The van der Waals surface area contributed by atoms with Gasteiger partial charge in [-0.05, 0) is 31.2 Å². The number of anilines is 1. The van der Waals surface area contributed by atoms with E-state index in [0.717, 1.165) is 36.5 Å². The zero-order valence-corrected chi connectivity index (χ0v) is 11.1. The number of rotatable bonds is 6. The molecule has 4 heteroatoms. The molecule has 1 aliphatic rings. The Morgan fingerprint density at radius 1 is 1.53 bits per heavy atom. The molecule has 0 saturated heterocycles. The molecular weight excluding hydrogens is 240 g/mol. The van der Waals surface area contributed by atoms with Crippen molar-refractivity contribution in [2.24, 2.45) is 5.73 Å². The van der Waals surface area contributed by atoms with Crippen molar-refractivity contribution in [2.75, 3.05) is 31.1 Å². The third-order valence-electron chi connectivity index (χ3n) is 3.20. The second-order valence-corrected chi connectivity index (χ2v) is 4.58. The molecule has 0 atom stereocenters. The molecule has 0 amide bonds. The van der Waals surface area contributed by atoms with Gasteiger partial charge in [0.2, 0.25) is 0 Å². The summed E-state index contributed by atoms with van der Waals surface area (Å²) in [7, 11) is 0. The first-order valence-corrected chi connectivity index (χ1v) is 6.62. The predicted octanol–water partition coefficient (Wildman–Crippen LogP) is 1.99. The summed E-state index contributed by atoms with van der Waals surface area (Å²) in [4.78, 5) is 14.2. The number of carbonyl (C=O) groups excluding carboxylic acids is 1. The molecule has 1 aromatic carbocycles. The average Bonchev–Trinajstić information content (AvgIpc) is 2.45. The largest absolute Gasteiger partial charge is 0.490 e. The monoisotopic (exact) mass is 260 g/mol. The van der Waals surface area contributed by atoms with Gasteiger partial charge in [-0.1, -0.05) is 6.08 Å². The quantitative estimate of drug-likeness (QED) is 0.628. The molecule has 0 radical (unpaired) electrons. The van der Waals surface area contributed by atoms with Crippen LogP contribution in [0.1, 0.15) is 23.2 Å². The van der Waals surface area contributed by atoms with Crippen LogP contribution in [0.4, 0.5) is 5.69 Å². The molecule has 2 rings (SSSR count). The van der Waals surface area contributed by atoms with E-state index < -0.39 is 0 Å². The van der Waals surface area contributed by atoms with Crippen molar-refractivity contribution in [3.05, 3.63) is 36.4 Å². The highest BCUT2D eigenvalue weighted by atomic mass is 16.5. The summed E-state index contributed by atoms with van der Waals surface area (Å²) in [6.45, 7) is 6.55. The molecule has 0 aromatic heterocycles. The Morgan fingerprint density at radius 2 is 2.37 bits per heavy atom. The number of hydrogen-bond acceptors (Lipinski definition) is 4. The maximum Gasteiger partial charge on any atom is 0.163 e. The standard InChI is InChI=1S/C15H20N2O2/c1-2-8-17-9-10-19-15-6-5-12(11-13(15)17)14(18)4-3-7-16/h2,5-6,11H,1,3-4,7-10,16H2. The van der Waals surface area contributed by atoms with Crippen LogP contribution in [0.2, 0.25) is 0 Å². The molecular formula is C15H20N2O2. The molecule has 1 aliphatic heterocycles. The summed E-state index contributed by atoms with van der Waals surface area (Å²) >= 11 is 0. The van der Waals surface area contributed by atoms with E-state index in [1.807, 2.05) is 24.3 Å². The Morgan fingerprint density at radius 3 is 3.11 bits per heavy atom. The summed E-state index contributed by atoms with van der Waals surface area (Å²) in [5, 5.41) is 0. The van der Waals surface area contributed by atoms with Gasteiger partial charge in [-0.3, -0.25) is 4.79 Å². The van der Waals surface area contributed by atoms with Crippen LogP contribution in [-0.4, -0.2) is 32.0 Å². The van der Waals surface area contributed by atoms with Crippen molar-refractivity contribution >= 4 is 11.5 Å². The smallest absolute Gasteiger partial charge is 0.163 e. The van der Waals surface area contributed by atoms with Crippen molar-refractivity contribution in [2.45, 2.75) is 12.8 Å². The fraction of sp³-hybridized carbons (Fsp3) is 0.400. The highest BCUT2D eigenvalue weighted by Crippen LogP contribution is 2.32. The molecule has 1 aromatic rings. The van der Waals surface area contributed by atoms with Gasteiger partial charge in [0.15, 0.2) is 5.78 Å². The summed E-state index contributed by atoms with van der Waals surface area (Å²) in [6, 6.07) is 5.62. The summed E-state index contributed by atoms with van der Waals surface area (Å²) in [5.41, 5.74) is 7.14.